The molecule has 0 aromatic carbocycles. The second kappa shape index (κ2) is 4.38. The molecule has 0 amide bonds. The van der Waals surface area contributed by atoms with Gasteiger partial charge < -0.3 is 0 Å². The lowest BCUT2D eigenvalue weighted by atomic mass is 10.4. The summed E-state index contributed by atoms with van der Waals surface area (Å²) in [6.07, 6.45) is 4.94. The lowest BCUT2D eigenvalue weighted by molar-refractivity contribution is 1.20. The van der Waals surface area contributed by atoms with Crippen molar-refractivity contribution in [2.75, 3.05) is 0 Å². The number of hydrogen-bond acceptors (Lipinski definition) is 3. The highest BCUT2D eigenvalue weighted by molar-refractivity contribution is 5.71. The second-order valence-corrected chi connectivity index (χ2v) is 1.93. The first-order valence-corrected chi connectivity index (χ1v) is 3.97. The monoisotopic (exact) mass is 161 g/mol. The second-order valence-electron chi connectivity index (χ2n) is 1.93. The minimum absolute atomic E-state index is 0.838. The summed E-state index contributed by atoms with van der Waals surface area (Å²) in [6.45, 7) is 4.00. The fourth-order valence-electron chi connectivity index (χ4n) is 0.817. The van der Waals surface area contributed by atoms with E-state index in [2.05, 4.69) is 15.0 Å². The van der Waals surface area contributed by atoms with E-state index in [9.17, 15) is 0 Å². The Kier molecular flexibility index (Phi) is 3.14. The number of aromatic nitrogens is 3. The van der Waals surface area contributed by atoms with Crippen molar-refractivity contribution in [3.8, 4) is 0 Å². The van der Waals surface area contributed by atoms with Crippen molar-refractivity contribution < 1.29 is 0 Å². The van der Waals surface area contributed by atoms with E-state index in [4.69, 9.17) is 0 Å². The zero-order valence-corrected chi connectivity index (χ0v) is 7.23. The Hall–Kier alpha value is -1.51. The molecule has 0 aliphatic rings. The first kappa shape index (κ1) is 8.59. The maximum atomic E-state index is 4.06. The molecule has 0 saturated heterocycles. The third kappa shape index (κ3) is 1.75. The van der Waals surface area contributed by atoms with Gasteiger partial charge in [0.2, 0.25) is 0 Å². The van der Waals surface area contributed by atoms with E-state index in [0.717, 1.165) is 11.0 Å². The van der Waals surface area contributed by atoms with Gasteiger partial charge in [-0.05, 0) is 12.1 Å². The largest absolute Gasteiger partial charge is 0.253 e. The molecular formula is C9H11N3. The molecule has 0 aliphatic heterocycles. The van der Waals surface area contributed by atoms with E-state index in [1.54, 1.807) is 12.4 Å². The van der Waals surface area contributed by atoms with Crippen LogP contribution in [0, 0.1) is 0 Å². The topological polar surface area (TPSA) is 38.7 Å². The van der Waals surface area contributed by atoms with Gasteiger partial charge in [0.05, 0.1) is 11.7 Å². The molecule has 62 valence electrons. The Bertz CT molecular complexity index is 281. The van der Waals surface area contributed by atoms with Crippen LogP contribution in [0.4, 0.5) is 0 Å². The Morgan fingerprint density at radius 1 is 1.08 bits per heavy atom. The van der Waals surface area contributed by atoms with Crippen LogP contribution < -0.4 is 0 Å². The third-order valence-corrected chi connectivity index (χ3v) is 1.28. The van der Waals surface area contributed by atoms with Crippen molar-refractivity contribution in [1.29, 1.82) is 0 Å². The molecule has 0 radical (unpaired) electrons. The first-order valence-electron chi connectivity index (χ1n) is 3.97. The SMILES string of the molecule is CC.c1cnc2cncnc2c1. The van der Waals surface area contributed by atoms with Crippen LogP contribution in [-0.4, -0.2) is 15.0 Å². The molecule has 0 N–H and O–H groups in total. The normalized spacial score (nSPS) is 8.83. The van der Waals surface area contributed by atoms with Gasteiger partial charge in [0, 0.05) is 6.20 Å². The molecule has 2 aromatic heterocycles. The van der Waals surface area contributed by atoms with E-state index in [1.165, 1.54) is 6.33 Å². The Morgan fingerprint density at radius 3 is 2.67 bits per heavy atom. The maximum absolute atomic E-state index is 4.06. The zero-order chi connectivity index (χ0) is 8.81. The highest BCUT2D eigenvalue weighted by Crippen LogP contribution is 2.02. The van der Waals surface area contributed by atoms with Crippen molar-refractivity contribution in [3.63, 3.8) is 0 Å². The van der Waals surface area contributed by atoms with Crippen LogP contribution in [0.25, 0.3) is 11.0 Å². The molecule has 2 rings (SSSR count). The molecule has 0 atom stereocenters. The Balaban J connectivity index is 0.000000336. The van der Waals surface area contributed by atoms with E-state index < -0.39 is 0 Å². The minimum atomic E-state index is 0.838. The highest BCUT2D eigenvalue weighted by atomic mass is 14.8. The molecule has 0 fully saturated rings. The number of rotatable bonds is 0. The van der Waals surface area contributed by atoms with Crippen LogP contribution in [0.15, 0.2) is 30.9 Å². The van der Waals surface area contributed by atoms with Gasteiger partial charge in [0.15, 0.2) is 0 Å². The van der Waals surface area contributed by atoms with Gasteiger partial charge in [-0.2, -0.15) is 0 Å². The van der Waals surface area contributed by atoms with Gasteiger partial charge in [-0.15, -0.1) is 0 Å². The van der Waals surface area contributed by atoms with Crippen LogP contribution in [-0.2, 0) is 0 Å². The Labute approximate surface area is 71.5 Å². The average Bonchev–Trinajstić information content (AvgIpc) is 2.21. The van der Waals surface area contributed by atoms with Crippen LogP contribution in [0.1, 0.15) is 13.8 Å². The van der Waals surface area contributed by atoms with E-state index in [1.807, 2.05) is 26.0 Å². The molecule has 0 spiro atoms. The summed E-state index contributed by atoms with van der Waals surface area (Å²) in [7, 11) is 0. The highest BCUT2D eigenvalue weighted by Gasteiger charge is 1.89. The van der Waals surface area contributed by atoms with Crippen molar-refractivity contribution >= 4 is 11.0 Å². The Morgan fingerprint density at radius 2 is 1.92 bits per heavy atom. The lowest BCUT2D eigenvalue weighted by Crippen LogP contribution is -1.81. The van der Waals surface area contributed by atoms with E-state index >= 15 is 0 Å². The van der Waals surface area contributed by atoms with Gasteiger partial charge in [-0.3, -0.25) is 4.98 Å². The van der Waals surface area contributed by atoms with Crippen molar-refractivity contribution in [3.05, 3.63) is 30.9 Å². The number of nitrogens with zero attached hydrogens (tertiary/aromatic N) is 3. The molecule has 2 aromatic rings. The van der Waals surface area contributed by atoms with Crippen molar-refractivity contribution in [2.45, 2.75) is 13.8 Å². The summed E-state index contributed by atoms with van der Waals surface area (Å²) in [5.74, 6) is 0. The fourth-order valence-corrected chi connectivity index (χ4v) is 0.817. The minimum Gasteiger partial charge on any atom is -0.253 e. The van der Waals surface area contributed by atoms with Crippen molar-refractivity contribution in [2.24, 2.45) is 0 Å². The molecule has 3 heteroatoms. The summed E-state index contributed by atoms with van der Waals surface area (Å²) >= 11 is 0. The van der Waals surface area contributed by atoms with Crippen LogP contribution in [0.3, 0.4) is 0 Å². The zero-order valence-electron chi connectivity index (χ0n) is 7.23. The molecule has 0 unspecified atom stereocenters. The summed E-state index contributed by atoms with van der Waals surface area (Å²) in [5.41, 5.74) is 1.72. The molecule has 2 heterocycles. The number of hydrogen-bond donors (Lipinski definition) is 0. The molecule has 12 heavy (non-hydrogen) atoms. The van der Waals surface area contributed by atoms with Gasteiger partial charge in [0.1, 0.15) is 11.8 Å². The molecule has 0 bridgehead atoms. The third-order valence-electron chi connectivity index (χ3n) is 1.28. The van der Waals surface area contributed by atoms with E-state index in [-0.39, 0.29) is 0 Å². The summed E-state index contributed by atoms with van der Waals surface area (Å²) in [6, 6.07) is 3.76. The first-order chi connectivity index (χ1) is 5.97. The van der Waals surface area contributed by atoms with Gasteiger partial charge in [0.25, 0.3) is 0 Å². The van der Waals surface area contributed by atoms with Crippen molar-refractivity contribution in [1.82, 2.24) is 15.0 Å². The molecular weight excluding hydrogens is 150 g/mol. The van der Waals surface area contributed by atoms with Crippen LogP contribution in [0.5, 0.6) is 0 Å². The maximum Gasteiger partial charge on any atom is 0.116 e. The van der Waals surface area contributed by atoms with Gasteiger partial charge in [-0.1, -0.05) is 13.8 Å². The van der Waals surface area contributed by atoms with E-state index in [0.29, 0.717) is 0 Å². The lowest BCUT2D eigenvalue weighted by Gasteiger charge is -1.89. The van der Waals surface area contributed by atoms with Crippen LogP contribution >= 0.6 is 0 Å². The molecule has 0 saturated carbocycles. The predicted molar refractivity (Wildman–Crippen MR) is 48.7 cm³/mol. The molecule has 0 aliphatic carbocycles. The van der Waals surface area contributed by atoms with Gasteiger partial charge >= 0.3 is 0 Å². The standard InChI is InChI=1S/C7H5N3.C2H6/c1-2-6-7(9-3-1)4-8-5-10-6;1-2/h1-5H;1-2H3. The number of pyridine rings is 1. The molecule has 3 nitrogen and oxygen atoms in total. The summed E-state index contributed by atoms with van der Waals surface area (Å²) < 4.78 is 0. The smallest absolute Gasteiger partial charge is 0.116 e. The quantitative estimate of drug-likeness (QED) is 0.593. The van der Waals surface area contributed by atoms with Gasteiger partial charge in [-0.25, -0.2) is 9.97 Å². The summed E-state index contributed by atoms with van der Waals surface area (Å²) in [5, 5.41) is 0. The van der Waals surface area contributed by atoms with Crippen LogP contribution in [0.2, 0.25) is 0 Å². The average molecular weight is 161 g/mol. The predicted octanol–water partition coefficient (Wildman–Crippen LogP) is 2.05. The summed E-state index contributed by atoms with van der Waals surface area (Å²) in [4.78, 5) is 11.9. The number of fused-ring (bicyclic) bond motifs is 1. The fraction of sp³-hybridized carbons (Fsp3) is 0.222.